The van der Waals surface area contributed by atoms with Crippen LogP contribution in [0.5, 0.6) is 0 Å². The van der Waals surface area contributed by atoms with Gasteiger partial charge in [0.1, 0.15) is 0 Å². The molecule has 1 unspecified atom stereocenters. The summed E-state index contributed by atoms with van der Waals surface area (Å²) in [6, 6.07) is 0.148. The maximum Gasteiger partial charge on any atom is 0.224 e. The van der Waals surface area contributed by atoms with E-state index < -0.39 is 5.60 Å². The van der Waals surface area contributed by atoms with Crippen molar-refractivity contribution >= 4 is 5.91 Å². The topological polar surface area (TPSA) is 52.6 Å². The Morgan fingerprint density at radius 3 is 2.35 bits per heavy atom. The maximum atomic E-state index is 12.3. The fourth-order valence-corrected chi connectivity index (χ4v) is 3.36. The minimum absolute atomic E-state index is 0.148. The monoisotopic (exact) mass is 282 g/mol. The van der Waals surface area contributed by atoms with Crippen molar-refractivity contribution in [1.82, 2.24) is 10.2 Å². The van der Waals surface area contributed by atoms with Crippen LogP contribution in [0, 0.1) is 0 Å². The van der Waals surface area contributed by atoms with E-state index in [4.69, 9.17) is 0 Å². The van der Waals surface area contributed by atoms with Gasteiger partial charge in [0.25, 0.3) is 0 Å². The number of hydrogen-bond acceptors (Lipinski definition) is 3. The highest BCUT2D eigenvalue weighted by molar-refractivity contribution is 5.76. The molecular weight excluding hydrogens is 252 g/mol. The number of aliphatic hydroxyl groups is 1. The Labute approximate surface area is 122 Å². The summed E-state index contributed by atoms with van der Waals surface area (Å²) in [7, 11) is 0. The third-order valence-electron chi connectivity index (χ3n) is 4.75. The lowest BCUT2D eigenvalue weighted by Gasteiger charge is -2.26. The molecule has 1 atom stereocenters. The minimum atomic E-state index is -0.528. The van der Waals surface area contributed by atoms with Crippen LogP contribution >= 0.6 is 0 Å². The molecule has 4 nitrogen and oxygen atoms in total. The van der Waals surface area contributed by atoms with E-state index >= 15 is 0 Å². The van der Waals surface area contributed by atoms with Gasteiger partial charge in [-0.25, -0.2) is 0 Å². The number of carbonyl (C=O) groups excluding carboxylic acids is 1. The van der Waals surface area contributed by atoms with Crippen molar-refractivity contribution in [3.05, 3.63) is 0 Å². The second-order valence-corrected chi connectivity index (χ2v) is 6.71. The Balaban J connectivity index is 1.70. The zero-order valence-corrected chi connectivity index (χ0v) is 12.9. The first-order valence-electron chi connectivity index (χ1n) is 8.33. The fourth-order valence-electron chi connectivity index (χ4n) is 3.36. The molecule has 1 amide bonds. The summed E-state index contributed by atoms with van der Waals surface area (Å²) >= 11 is 0. The van der Waals surface area contributed by atoms with Crippen molar-refractivity contribution < 1.29 is 9.90 Å². The van der Waals surface area contributed by atoms with Crippen molar-refractivity contribution in [2.24, 2.45) is 0 Å². The highest BCUT2D eigenvalue weighted by atomic mass is 16.3. The van der Waals surface area contributed by atoms with Crippen LogP contribution in [0.1, 0.15) is 64.7 Å². The van der Waals surface area contributed by atoms with Gasteiger partial charge in [0.15, 0.2) is 0 Å². The van der Waals surface area contributed by atoms with E-state index in [9.17, 15) is 9.90 Å². The molecule has 2 aliphatic rings. The number of nitrogens with zero attached hydrogens (tertiary/aromatic N) is 1. The summed E-state index contributed by atoms with van der Waals surface area (Å²) in [5, 5.41) is 13.7. The first-order chi connectivity index (χ1) is 9.59. The van der Waals surface area contributed by atoms with Crippen LogP contribution in [0.3, 0.4) is 0 Å². The summed E-state index contributed by atoms with van der Waals surface area (Å²) in [4.78, 5) is 14.3. The van der Waals surface area contributed by atoms with Crippen LogP contribution in [-0.4, -0.2) is 47.2 Å². The maximum absolute atomic E-state index is 12.3. The molecule has 2 rings (SSSR count). The molecule has 0 aromatic rings. The van der Waals surface area contributed by atoms with Crippen LogP contribution in [-0.2, 0) is 4.79 Å². The molecule has 1 aliphatic heterocycles. The van der Waals surface area contributed by atoms with Gasteiger partial charge in [-0.3, -0.25) is 4.79 Å². The summed E-state index contributed by atoms with van der Waals surface area (Å²) in [5.74, 6) is 0.269. The second kappa shape index (κ2) is 7.41. The van der Waals surface area contributed by atoms with Crippen LogP contribution < -0.4 is 5.32 Å². The molecule has 0 spiro atoms. The number of carbonyl (C=O) groups is 1. The Morgan fingerprint density at radius 1 is 1.15 bits per heavy atom. The molecule has 4 heteroatoms. The highest BCUT2D eigenvalue weighted by Crippen LogP contribution is 2.28. The second-order valence-electron chi connectivity index (χ2n) is 6.71. The van der Waals surface area contributed by atoms with Gasteiger partial charge in [0.2, 0.25) is 5.91 Å². The summed E-state index contributed by atoms with van der Waals surface area (Å²) in [6.07, 6.45) is 9.39. The number of amides is 1. The van der Waals surface area contributed by atoms with Gasteiger partial charge in [0, 0.05) is 32.1 Å². The molecule has 1 saturated carbocycles. The Hall–Kier alpha value is -0.610. The third kappa shape index (κ3) is 4.74. The van der Waals surface area contributed by atoms with E-state index in [-0.39, 0.29) is 11.9 Å². The molecular formula is C16H30N2O2. The van der Waals surface area contributed by atoms with Gasteiger partial charge in [0.05, 0.1) is 5.60 Å². The molecule has 1 saturated heterocycles. The standard InChI is InChI=1S/C16H30N2O2/c1-14(17-13-16(20)8-4-5-9-16)12-15(19)18-10-6-2-3-7-11-18/h14,17,20H,2-13H2,1H3. The molecule has 1 aliphatic carbocycles. The van der Waals surface area contributed by atoms with Crippen molar-refractivity contribution in [2.75, 3.05) is 19.6 Å². The Kier molecular flexibility index (Phi) is 5.85. The van der Waals surface area contributed by atoms with E-state index in [2.05, 4.69) is 5.32 Å². The fraction of sp³-hybridized carbons (Fsp3) is 0.938. The van der Waals surface area contributed by atoms with Crippen LogP contribution in [0.2, 0.25) is 0 Å². The lowest BCUT2D eigenvalue weighted by atomic mass is 10.0. The first kappa shape index (κ1) is 15.8. The Morgan fingerprint density at radius 2 is 1.75 bits per heavy atom. The number of hydrogen-bond donors (Lipinski definition) is 2. The summed E-state index contributed by atoms with van der Waals surface area (Å²) < 4.78 is 0. The molecule has 0 bridgehead atoms. The SMILES string of the molecule is CC(CC(=O)N1CCCCCC1)NCC1(O)CCCC1. The van der Waals surface area contributed by atoms with Gasteiger partial charge in [-0.15, -0.1) is 0 Å². The lowest BCUT2D eigenvalue weighted by molar-refractivity contribution is -0.131. The normalized spacial score (nSPS) is 24.4. The smallest absolute Gasteiger partial charge is 0.224 e. The minimum Gasteiger partial charge on any atom is -0.389 e. The predicted molar refractivity (Wildman–Crippen MR) is 80.5 cm³/mol. The van der Waals surface area contributed by atoms with Crippen molar-refractivity contribution in [2.45, 2.75) is 76.4 Å². The van der Waals surface area contributed by atoms with Gasteiger partial charge >= 0.3 is 0 Å². The molecule has 2 N–H and O–H groups in total. The molecule has 116 valence electrons. The van der Waals surface area contributed by atoms with Gasteiger partial charge in [-0.05, 0) is 32.6 Å². The van der Waals surface area contributed by atoms with E-state index in [1.165, 1.54) is 12.8 Å². The van der Waals surface area contributed by atoms with Gasteiger partial charge in [-0.2, -0.15) is 0 Å². The summed E-state index contributed by atoms with van der Waals surface area (Å²) in [6.45, 7) is 4.53. The average molecular weight is 282 g/mol. The van der Waals surface area contributed by atoms with E-state index in [0.29, 0.717) is 13.0 Å². The zero-order chi connectivity index (χ0) is 14.4. The number of nitrogens with one attached hydrogen (secondary N) is 1. The van der Waals surface area contributed by atoms with E-state index in [0.717, 1.165) is 51.6 Å². The average Bonchev–Trinajstić information content (AvgIpc) is 2.69. The quantitative estimate of drug-likeness (QED) is 0.811. The molecule has 0 aromatic heterocycles. The Bertz CT molecular complexity index is 306. The molecule has 2 fully saturated rings. The van der Waals surface area contributed by atoms with Crippen LogP contribution in [0.4, 0.5) is 0 Å². The van der Waals surface area contributed by atoms with Crippen molar-refractivity contribution in [3.8, 4) is 0 Å². The van der Waals surface area contributed by atoms with Crippen molar-refractivity contribution in [3.63, 3.8) is 0 Å². The number of likely N-dealkylation sites (tertiary alicyclic amines) is 1. The van der Waals surface area contributed by atoms with Gasteiger partial charge < -0.3 is 15.3 Å². The van der Waals surface area contributed by atoms with E-state index in [1.807, 2.05) is 11.8 Å². The number of rotatable bonds is 5. The third-order valence-corrected chi connectivity index (χ3v) is 4.75. The van der Waals surface area contributed by atoms with Gasteiger partial charge in [-0.1, -0.05) is 25.7 Å². The van der Waals surface area contributed by atoms with Crippen LogP contribution in [0.25, 0.3) is 0 Å². The highest BCUT2D eigenvalue weighted by Gasteiger charge is 2.31. The first-order valence-corrected chi connectivity index (χ1v) is 8.33. The molecule has 1 heterocycles. The lowest BCUT2D eigenvalue weighted by Crippen LogP contribution is -2.44. The molecule has 0 aromatic carbocycles. The van der Waals surface area contributed by atoms with Crippen LogP contribution in [0.15, 0.2) is 0 Å². The molecule has 0 radical (unpaired) electrons. The molecule has 20 heavy (non-hydrogen) atoms. The summed E-state index contributed by atoms with van der Waals surface area (Å²) in [5.41, 5.74) is -0.528. The predicted octanol–water partition coefficient (Wildman–Crippen LogP) is 2.06. The largest absolute Gasteiger partial charge is 0.389 e. The van der Waals surface area contributed by atoms with Crippen molar-refractivity contribution in [1.29, 1.82) is 0 Å². The zero-order valence-electron chi connectivity index (χ0n) is 12.9. The van der Waals surface area contributed by atoms with E-state index in [1.54, 1.807) is 0 Å².